The Balaban J connectivity index is 0.938. The first-order valence-corrected chi connectivity index (χ1v) is 19.3. The number of amides is 2. The number of imidazole rings is 2. The number of likely N-dealkylation sites (N-methyl/N-ethyl adjacent to an activating group) is 1. The number of hydrogen-bond acceptors (Lipinski definition) is 7. The van der Waals surface area contributed by atoms with E-state index in [9.17, 15) is 19.5 Å². The molecule has 3 N–H and O–H groups in total. The molecule has 12 nitrogen and oxygen atoms in total. The lowest BCUT2D eigenvalue weighted by Crippen LogP contribution is -2.46. The van der Waals surface area contributed by atoms with Crippen molar-refractivity contribution in [2.45, 2.75) is 75.7 Å². The molecule has 2 amide bonds. The lowest BCUT2D eigenvalue weighted by molar-refractivity contribution is -0.147. The molecule has 0 saturated carbocycles. The Morgan fingerprint density at radius 2 is 1.45 bits per heavy atom. The Morgan fingerprint density at radius 1 is 0.818 bits per heavy atom. The average molecular weight is 742 g/mol. The number of carboxylic acids is 1. The van der Waals surface area contributed by atoms with Crippen LogP contribution < -0.4 is 0 Å². The monoisotopic (exact) mass is 741 g/mol. The van der Waals surface area contributed by atoms with Gasteiger partial charge in [-0.1, -0.05) is 78.9 Å². The lowest BCUT2D eigenvalue weighted by atomic mass is 10.0. The van der Waals surface area contributed by atoms with Gasteiger partial charge in [0, 0.05) is 31.5 Å². The summed E-state index contributed by atoms with van der Waals surface area (Å²) in [5, 5.41) is 9.75. The van der Waals surface area contributed by atoms with Gasteiger partial charge in [0.15, 0.2) is 0 Å². The van der Waals surface area contributed by atoms with Crippen LogP contribution in [0.3, 0.4) is 0 Å². The van der Waals surface area contributed by atoms with Gasteiger partial charge in [-0.2, -0.15) is 0 Å². The normalized spacial score (nSPS) is 21.0. The fourth-order valence-electron chi connectivity index (χ4n) is 8.31. The number of carbonyl (C=O) groups is 3. The fraction of sp³-hybridized carbons (Fsp3) is 0.372. The largest absolute Gasteiger partial charge is 0.480 e. The summed E-state index contributed by atoms with van der Waals surface area (Å²) in [6.07, 6.45) is 8.59. The number of aromatic amines is 2. The minimum absolute atomic E-state index is 0.0536. The third-order valence-electron chi connectivity index (χ3n) is 11.5. The molecule has 3 aliphatic rings. The van der Waals surface area contributed by atoms with E-state index >= 15 is 0 Å². The third kappa shape index (κ3) is 7.31. The standard InChI is InChI=1S/C43H47N7O5/c1-27(43(53)54)48(2)38(32-9-4-3-5-10-32)42(52)50-23-7-12-36(50)40-45-26-34(47-40)31-20-16-29(17-21-31)28-14-18-30(19-15-28)33-25-44-39(46-33)35-11-6-22-49(35)41(51)37-13-8-24-55-37/h3-5,9-10,14-21,25-27,35-38H,6-8,11-13,22-24H2,1-2H3,(H,44,46)(H,45,47)(H,53,54)/t27?,35-,36-,37+,38+/m0/s1. The second kappa shape index (κ2) is 15.6. The number of aliphatic carboxylic acids is 1. The molecule has 3 saturated heterocycles. The van der Waals surface area contributed by atoms with Gasteiger partial charge in [0.25, 0.3) is 5.91 Å². The van der Waals surface area contributed by atoms with Crippen molar-refractivity contribution in [3.63, 3.8) is 0 Å². The predicted molar refractivity (Wildman–Crippen MR) is 207 cm³/mol. The second-order valence-corrected chi connectivity index (χ2v) is 14.9. The van der Waals surface area contributed by atoms with E-state index in [0.717, 1.165) is 95.9 Å². The van der Waals surface area contributed by atoms with Crippen molar-refractivity contribution in [3.05, 3.63) is 108 Å². The highest BCUT2D eigenvalue weighted by atomic mass is 16.5. The van der Waals surface area contributed by atoms with Gasteiger partial charge in [-0.05, 0) is 74.8 Å². The molecule has 5 heterocycles. The highest BCUT2D eigenvalue weighted by Gasteiger charge is 2.40. The predicted octanol–water partition coefficient (Wildman–Crippen LogP) is 6.79. The molecule has 0 aliphatic carbocycles. The summed E-state index contributed by atoms with van der Waals surface area (Å²) in [5.41, 5.74) is 6.61. The summed E-state index contributed by atoms with van der Waals surface area (Å²) < 4.78 is 5.68. The van der Waals surface area contributed by atoms with Crippen LogP contribution in [0.15, 0.2) is 91.3 Å². The van der Waals surface area contributed by atoms with Gasteiger partial charge >= 0.3 is 5.97 Å². The van der Waals surface area contributed by atoms with Crippen molar-refractivity contribution < 1.29 is 24.2 Å². The zero-order chi connectivity index (χ0) is 38.1. The van der Waals surface area contributed by atoms with Gasteiger partial charge in [0.05, 0.1) is 29.7 Å². The molecule has 12 heteroatoms. The van der Waals surface area contributed by atoms with Crippen LogP contribution in [0.2, 0.25) is 0 Å². The molecule has 0 bridgehead atoms. The zero-order valence-electron chi connectivity index (χ0n) is 31.2. The van der Waals surface area contributed by atoms with Crippen LogP contribution in [0.5, 0.6) is 0 Å². The van der Waals surface area contributed by atoms with Gasteiger partial charge in [-0.25, -0.2) is 9.97 Å². The van der Waals surface area contributed by atoms with E-state index in [4.69, 9.17) is 14.7 Å². The number of hydrogen-bond donors (Lipinski definition) is 3. The van der Waals surface area contributed by atoms with Crippen molar-refractivity contribution in [1.29, 1.82) is 0 Å². The van der Waals surface area contributed by atoms with Gasteiger partial charge in [-0.15, -0.1) is 0 Å². The first-order valence-electron chi connectivity index (χ1n) is 19.3. The maximum absolute atomic E-state index is 14.2. The van der Waals surface area contributed by atoms with Crippen LogP contribution in [0.1, 0.15) is 80.8 Å². The van der Waals surface area contributed by atoms with Crippen LogP contribution in [0.4, 0.5) is 0 Å². The van der Waals surface area contributed by atoms with Gasteiger partial charge in [-0.3, -0.25) is 19.3 Å². The number of carbonyl (C=O) groups excluding carboxylic acids is 2. The third-order valence-corrected chi connectivity index (χ3v) is 11.5. The van der Waals surface area contributed by atoms with Crippen LogP contribution in [0, 0.1) is 0 Å². The Morgan fingerprint density at radius 3 is 2.11 bits per heavy atom. The van der Waals surface area contributed by atoms with Crippen molar-refractivity contribution in [2.75, 3.05) is 26.7 Å². The van der Waals surface area contributed by atoms with Gasteiger partial charge < -0.3 is 29.6 Å². The lowest BCUT2D eigenvalue weighted by Gasteiger charge is -2.35. The van der Waals surface area contributed by atoms with E-state index in [1.165, 1.54) is 0 Å². The second-order valence-electron chi connectivity index (χ2n) is 14.9. The van der Waals surface area contributed by atoms with Gasteiger partial charge in [0.1, 0.15) is 29.8 Å². The molecule has 0 radical (unpaired) electrons. The molecule has 284 valence electrons. The molecule has 1 unspecified atom stereocenters. The number of benzene rings is 3. The summed E-state index contributed by atoms with van der Waals surface area (Å²) in [4.78, 5) is 61.1. The minimum atomic E-state index is -0.979. The van der Waals surface area contributed by atoms with E-state index in [2.05, 4.69) is 58.5 Å². The molecule has 3 aliphatic heterocycles. The SMILES string of the molecule is CC(C(=O)O)N(C)[C@@H](C(=O)N1CCC[C@H]1c1ncc(-c2ccc(-c3ccc(-c4c[nH]c([C@@H]5CCCN5C(=O)[C@H]5CCCO5)n4)cc3)cc2)[nH]1)c1ccccc1. The Kier molecular flexibility index (Phi) is 10.3. The first-order chi connectivity index (χ1) is 26.8. The highest BCUT2D eigenvalue weighted by Crippen LogP contribution is 2.37. The first kappa shape index (κ1) is 36.4. The van der Waals surface area contributed by atoms with E-state index in [0.29, 0.717) is 13.2 Å². The molecule has 8 rings (SSSR count). The topological polar surface area (TPSA) is 148 Å². The zero-order valence-corrected chi connectivity index (χ0v) is 31.2. The summed E-state index contributed by atoms with van der Waals surface area (Å²) in [7, 11) is 1.69. The summed E-state index contributed by atoms with van der Waals surface area (Å²) in [6.45, 7) is 3.57. The number of likely N-dealkylation sites (tertiary alicyclic amines) is 2. The number of aromatic nitrogens is 4. The van der Waals surface area contributed by atoms with Crippen molar-refractivity contribution >= 4 is 17.8 Å². The van der Waals surface area contributed by atoms with Crippen LogP contribution in [-0.4, -0.2) is 96.4 Å². The summed E-state index contributed by atoms with van der Waals surface area (Å²) in [6, 6.07) is 24.2. The Labute approximate surface area is 320 Å². The molecule has 2 aromatic heterocycles. The van der Waals surface area contributed by atoms with Gasteiger partial charge in [0.2, 0.25) is 5.91 Å². The molecular weight excluding hydrogens is 695 g/mol. The number of H-pyrrole nitrogens is 2. The van der Waals surface area contributed by atoms with Crippen molar-refractivity contribution in [3.8, 4) is 33.6 Å². The number of nitrogens with one attached hydrogen (secondary N) is 2. The average Bonchev–Trinajstić information content (AvgIpc) is 4.07. The molecule has 5 atom stereocenters. The number of carboxylic acid groups (broad SMARTS) is 1. The minimum Gasteiger partial charge on any atom is -0.480 e. The Hall–Kier alpha value is -5.59. The quantitative estimate of drug-likeness (QED) is 0.134. The Bertz CT molecular complexity index is 2120. The van der Waals surface area contributed by atoms with E-state index < -0.39 is 18.1 Å². The molecule has 0 spiro atoms. The number of ether oxygens (including phenoxy) is 1. The van der Waals surface area contributed by atoms with Crippen LogP contribution in [0.25, 0.3) is 33.6 Å². The van der Waals surface area contributed by atoms with E-state index in [-0.39, 0.29) is 30.0 Å². The smallest absolute Gasteiger partial charge is 0.320 e. The van der Waals surface area contributed by atoms with Crippen molar-refractivity contribution in [1.82, 2.24) is 34.6 Å². The summed E-state index contributed by atoms with van der Waals surface area (Å²) >= 11 is 0. The van der Waals surface area contributed by atoms with E-state index in [1.54, 1.807) is 18.9 Å². The molecule has 55 heavy (non-hydrogen) atoms. The summed E-state index contributed by atoms with van der Waals surface area (Å²) in [5.74, 6) is 0.514. The molecular formula is C43H47N7O5. The van der Waals surface area contributed by atoms with Crippen molar-refractivity contribution in [2.24, 2.45) is 0 Å². The molecule has 3 aromatic carbocycles. The molecule has 5 aromatic rings. The van der Waals surface area contributed by atoms with Crippen LogP contribution >= 0.6 is 0 Å². The maximum Gasteiger partial charge on any atom is 0.320 e. The maximum atomic E-state index is 14.2. The highest BCUT2D eigenvalue weighted by molar-refractivity contribution is 5.85. The number of nitrogens with zero attached hydrogens (tertiary/aromatic N) is 5. The van der Waals surface area contributed by atoms with Crippen LogP contribution in [-0.2, 0) is 19.1 Å². The number of rotatable bonds is 11. The molecule has 3 fully saturated rings. The fourth-order valence-corrected chi connectivity index (χ4v) is 8.31. The van der Waals surface area contributed by atoms with E-state index in [1.807, 2.05) is 52.5 Å².